The third-order valence-corrected chi connectivity index (χ3v) is 9.25. The molecule has 2 fully saturated rings. The number of halogens is 1. The molecular weight excluding hydrogens is 522 g/mol. The molecule has 0 atom stereocenters. The molecule has 0 aliphatic carbocycles. The predicted octanol–water partition coefficient (Wildman–Crippen LogP) is 2.89. The van der Waals surface area contributed by atoms with E-state index in [2.05, 4.69) is 4.72 Å². The number of hydrogen-bond acceptors (Lipinski definition) is 8. The molecule has 0 aromatic carbocycles. The fourth-order valence-electron chi connectivity index (χ4n) is 3.49. The minimum Gasteiger partial charge on any atom is -0.444 e. The molecule has 2 aliphatic rings. The molecule has 11 nitrogen and oxygen atoms in total. The molecule has 0 saturated carbocycles. The second-order valence-corrected chi connectivity index (χ2v) is 15.6. The number of amides is 2. The van der Waals surface area contributed by atoms with E-state index in [-0.39, 0.29) is 6.09 Å². The Morgan fingerprint density at radius 1 is 0.743 bits per heavy atom. The minimum atomic E-state index is -3.52. The standard InChI is InChI=1S/C11H22N2O4S.C10H18ClNO4S/c1-11(2,3)17-10(14)13-7-5-9(6-8-13)18(15,16)12-4;1-10(2,3)16-9(13)12-6-4-8(5-7-12)17(11,14)15/h9,12H,5-8H2,1-4H3;8H,4-7H2,1-3H3. The lowest BCUT2D eigenvalue weighted by Crippen LogP contribution is -2.46. The molecular formula is C21H40ClN3O8S2. The highest BCUT2D eigenvalue weighted by Crippen LogP contribution is 2.22. The zero-order valence-corrected chi connectivity index (χ0v) is 24.1. The minimum absolute atomic E-state index is 0.366. The van der Waals surface area contributed by atoms with E-state index in [0.29, 0.717) is 51.9 Å². The van der Waals surface area contributed by atoms with E-state index in [0.717, 1.165) is 0 Å². The third kappa shape index (κ3) is 11.5. The van der Waals surface area contributed by atoms with Crippen LogP contribution in [0.2, 0.25) is 0 Å². The number of ether oxygens (including phenoxy) is 2. The van der Waals surface area contributed by atoms with Crippen molar-refractivity contribution in [1.29, 1.82) is 0 Å². The fraction of sp³-hybridized carbons (Fsp3) is 0.905. The first-order valence-corrected chi connectivity index (χ1v) is 15.5. The van der Waals surface area contributed by atoms with Crippen molar-refractivity contribution < 1.29 is 35.9 Å². The van der Waals surface area contributed by atoms with E-state index in [1.165, 1.54) is 11.9 Å². The molecule has 2 rings (SSSR count). The van der Waals surface area contributed by atoms with Gasteiger partial charge in [-0.1, -0.05) is 0 Å². The number of carbonyl (C=O) groups excluding carboxylic acids is 2. The summed E-state index contributed by atoms with van der Waals surface area (Å²) in [5, 5.41) is -0.968. The molecule has 0 unspecified atom stereocenters. The number of rotatable bonds is 3. The van der Waals surface area contributed by atoms with Crippen LogP contribution in [0, 0.1) is 0 Å². The summed E-state index contributed by atoms with van der Waals surface area (Å²) in [6.07, 6.45) is 0.854. The average molecular weight is 562 g/mol. The van der Waals surface area contributed by atoms with E-state index in [9.17, 15) is 26.4 Å². The predicted molar refractivity (Wildman–Crippen MR) is 134 cm³/mol. The molecule has 35 heavy (non-hydrogen) atoms. The van der Waals surface area contributed by atoms with Crippen molar-refractivity contribution in [2.24, 2.45) is 0 Å². The van der Waals surface area contributed by atoms with Gasteiger partial charge < -0.3 is 19.3 Å². The van der Waals surface area contributed by atoms with E-state index in [4.69, 9.17) is 20.2 Å². The Hall–Kier alpha value is -1.31. The molecule has 0 radical (unpaired) electrons. The van der Waals surface area contributed by atoms with Gasteiger partial charge in [-0.25, -0.2) is 31.1 Å². The second kappa shape index (κ2) is 12.3. The molecule has 206 valence electrons. The first-order chi connectivity index (χ1) is 15.7. The maximum absolute atomic E-state index is 11.8. The van der Waals surface area contributed by atoms with Gasteiger partial charge in [0.15, 0.2) is 0 Å². The molecule has 2 heterocycles. The van der Waals surface area contributed by atoms with Crippen LogP contribution in [0.1, 0.15) is 67.2 Å². The smallest absolute Gasteiger partial charge is 0.410 e. The Bertz CT molecular complexity index is 927. The molecule has 0 aromatic heterocycles. The number of likely N-dealkylation sites (tertiary alicyclic amines) is 2. The van der Waals surface area contributed by atoms with Crippen molar-refractivity contribution in [3.8, 4) is 0 Å². The molecule has 0 spiro atoms. The SMILES string of the molecule is CC(C)(C)OC(=O)N1CCC(S(=O)(=O)Cl)CC1.CNS(=O)(=O)C1CCN(C(=O)OC(C)(C)C)CC1. The maximum Gasteiger partial charge on any atom is 0.410 e. The first-order valence-electron chi connectivity index (χ1n) is 11.6. The van der Waals surface area contributed by atoms with Gasteiger partial charge in [-0.3, -0.25) is 0 Å². The average Bonchev–Trinajstić information content (AvgIpc) is 2.71. The summed E-state index contributed by atoms with van der Waals surface area (Å²) >= 11 is 0. The fourth-order valence-corrected chi connectivity index (χ4v) is 5.96. The van der Waals surface area contributed by atoms with Crippen LogP contribution in [0.5, 0.6) is 0 Å². The number of hydrogen-bond donors (Lipinski definition) is 1. The molecule has 2 aliphatic heterocycles. The van der Waals surface area contributed by atoms with Crippen LogP contribution in [0.15, 0.2) is 0 Å². The molecule has 1 N–H and O–H groups in total. The van der Waals surface area contributed by atoms with Crippen LogP contribution in [0.25, 0.3) is 0 Å². The Balaban J connectivity index is 0.000000351. The van der Waals surface area contributed by atoms with E-state index in [1.807, 2.05) is 20.8 Å². The largest absolute Gasteiger partial charge is 0.444 e. The Kier molecular flexibility index (Phi) is 11.1. The van der Waals surface area contributed by atoms with Gasteiger partial charge in [0.05, 0.1) is 10.5 Å². The lowest BCUT2D eigenvalue weighted by Gasteiger charge is -2.33. The quantitative estimate of drug-likeness (QED) is 0.519. The van der Waals surface area contributed by atoms with E-state index >= 15 is 0 Å². The normalized spacial score (nSPS) is 19.0. The van der Waals surface area contributed by atoms with Gasteiger partial charge in [0, 0.05) is 36.9 Å². The van der Waals surface area contributed by atoms with Crippen LogP contribution in [0.4, 0.5) is 9.59 Å². The van der Waals surface area contributed by atoms with Gasteiger partial charge >= 0.3 is 12.2 Å². The van der Waals surface area contributed by atoms with Crippen LogP contribution >= 0.6 is 10.7 Å². The zero-order chi connectivity index (χ0) is 27.2. The monoisotopic (exact) mass is 561 g/mol. The third-order valence-electron chi connectivity index (χ3n) is 5.31. The Labute approximate surface area is 214 Å². The van der Waals surface area contributed by atoms with Crippen molar-refractivity contribution in [2.75, 3.05) is 33.2 Å². The lowest BCUT2D eigenvalue weighted by molar-refractivity contribution is 0.0207. The lowest BCUT2D eigenvalue weighted by atomic mass is 10.1. The zero-order valence-electron chi connectivity index (χ0n) is 21.7. The Morgan fingerprint density at radius 2 is 1.06 bits per heavy atom. The van der Waals surface area contributed by atoms with Crippen LogP contribution in [0.3, 0.4) is 0 Å². The summed E-state index contributed by atoms with van der Waals surface area (Å²) in [6.45, 7) is 12.4. The van der Waals surface area contributed by atoms with Gasteiger partial charge in [0.2, 0.25) is 19.1 Å². The van der Waals surface area contributed by atoms with Gasteiger partial charge in [0.25, 0.3) is 0 Å². The maximum atomic E-state index is 11.8. The van der Waals surface area contributed by atoms with Gasteiger partial charge in [-0.2, -0.15) is 0 Å². The first kappa shape index (κ1) is 31.7. The summed E-state index contributed by atoms with van der Waals surface area (Å²) < 4.78 is 58.3. The van der Waals surface area contributed by atoms with Gasteiger partial charge in [-0.15, -0.1) is 0 Å². The number of carbonyl (C=O) groups is 2. The molecule has 2 saturated heterocycles. The topological polar surface area (TPSA) is 139 Å². The van der Waals surface area contributed by atoms with E-state index in [1.54, 1.807) is 25.7 Å². The molecule has 0 aromatic rings. The summed E-state index contributed by atoms with van der Waals surface area (Å²) in [5.74, 6) is 0. The highest BCUT2D eigenvalue weighted by atomic mass is 35.7. The van der Waals surface area contributed by atoms with Gasteiger partial charge in [-0.05, 0) is 74.3 Å². The van der Waals surface area contributed by atoms with Crippen molar-refractivity contribution in [3.63, 3.8) is 0 Å². The number of nitrogens with zero attached hydrogens (tertiary/aromatic N) is 2. The van der Waals surface area contributed by atoms with Crippen molar-refractivity contribution >= 4 is 41.9 Å². The van der Waals surface area contributed by atoms with Crippen molar-refractivity contribution in [1.82, 2.24) is 14.5 Å². The van der Waals surface area contributed by atoms with Crippen molar-refractivity contribution in [2.45, 2.75) is 88.9 Å². The molecule has 0 bridgehead atoms. The van der Waals surface area contributed by atoms with Crippen molar-refractivity contribution in [3.05, 3.63) is 0 Å². The summed E-state index contributed by atoms with van der Waals surface area (Å²) in [7, 11) is -0.0554. The van der Waals surface area contributed by atoms with Crippen LogP contribution < -0.4 is 4.72 Å². The number of sulfonamides is 1. The van der Waals surface area contributed by atoms with Crippen LogP contribution in [-0.2, 0) is 28.5 Å². The molecule has 14 heteroatoms. The number of piperidine rings is 2. The highest BCUT2D eigenvalue weighted by molar-refractivity contribution is 8.14. The summed E-state index contributed by atoms with van der Waals surface area (Å²) in [4.78, 5) is 26.5. The highest BCUT2D eigenvalue weighted by Gasteiger charge is 2.33. The summed E-state index contributed by atoms with van der Waals surface area (Å²) in [6, 6.07) is 0. The summed E-state index contributed by atoms with van der Waals surface area (Å²) in [5.41, 5.74) is -1.06. The van der Waals surface area contributed by atoms with Crippen LogP contribution in [-0.4, -0.2) is 93.8 Å². The van der Waals surface area contributed by atoms with E-state index < -0.39 is 46.9 Å². The number of nitrogens with one attached hydrogen (secondary N) is 1. The second-order valence-electron chi connectivity index (χ2n) is 10.6. The van der Waals surface area contributed by atoms with Gasteiger partial charge in [0.1, 0.15) is 11.2 Å². The Morgan fingerprint density at radius 3 is 1.31 bits per heavy atom. The molecule has 2 amide bonds.